The zero-order valence-corrected chi connectivity index (χ0v) is 7.68. The molecule has 0 aromatic rings. The van der Waals surface area contributed by atoms with Crippen LogP contribution in [-0.2, 0) is 0 Å². The maximum absolute atomic E-state index is 10.1. The smallest absolute Gasteiger partial charge is 0.0786 e. The van der Waals surface area contributed by atoms with Crippen molar-refractivity contribution in [1.82, 2.24) is 5.32 Å². The van der Waals surface area contributed by atoms with Crippen molar-refractivity contribution in [2.75, 3.05) is 13.1 Å². The van der Waals surface area contributed by atoms with Gasteiger partial charge in [0.25, 0.3) is 0 Å². The fourth-order valence-corrected chi connectivity index (χ4v) is 2.66. The van der Waals surface area contributed by atoms with Gasteiger partial charge < -0.3 is 10.4 Å². The number of aliphatic hydroxyl groups is 1. The van der Waals surface area contributed by atoms with E-state index in [9.17, 15) is 5.11 Å². The summed E-state index contributed by atoms with van der Waals surface area (Å²) in [4.78, 5) is 0. The van der Waals surface area contributed by atoms with Crippen LogP contribution in [0.2, 0.25) is 0 Å². The van der Waals surface area contributed by atoms with E-state index < -0.39 is 0 Å². The van der Waals surface area contributed by atoms with Gasteiger partial charge in [-0.3, -0.25) is 0 Å². The van der Waals surface area contributed by atoms with E-state index in [0.29, 0.717) is 0 Å². The highest BCUT2D eigenvalue weighted by Gasteiger charge is 2.34. The fourth-order valence-electron chi connectivity index (χ4n) is 2.66. The number of β-amino-alcohol motifs (C(OH)–C–C–N with tert-alkyl or cyclic N) is 1. The van der Waals surface area contributed by atoms with Crippen molar-refractivity contribution in [1.29, 1.82) is 0 Å². The highest BCUT2D eigenvalue weighted by atomic mass is 16.3. The number of hydrogen-bond donors (Lipinski definition) is 2. The Morgan fingerprint density at radius 1 is 1.33 bits per heavy atom. The molecule has 1 saturated heterocycles. The monoisotopic (exact) mass is 169 g/mol. The van der Waals surface area contributed by atoms with Crippen LogP contribution in [0.5, 0.6) is 0 Å². The molecule has 2 heteroatoms. The van der Waals surface area contributed by atoms with E-state index in [1.807, 2.05) is 0 Å². The second kappa shape index (κ2) is 3.35. The van der Waals surface area contributed by atoms with E-state index in [2.05, 4.69) is 5.32 Å². The van der Waals surface area contributed by atoms with Crippen LogP contribution in [0.4, 0.5) is 0 Å². The van der Waals surface area contributed by atoms with Gasteiger partial charge in [0, 0.05) is 6.54 Å². The molecule has 12 heavy (non-hydrogen) atoms. The third kappa shape index (κ3) is 1.80. The lowest BCUT2D eigenvalue weighted by molar-refractivity contribution is 0.0358. The minimum absolute atomic E-state index is 0.352. The van der Waals surface area contributed by atoms with E-state index in [-0.39, 0.29) is 5.60 Å². The summed E-state index contributed by atoms with van der Waals surface area (Å²) >= 11 is 0. The summed E-state index contributed by atoms with van der Waals surface area (Å²) < 4.78 is 0. The molecule has 0 radical (unpaired) electrons. The summed E-state index contributed by atoms with van der Waals surface area (Å²) in [5, 5.41) is 13.3. The molecule has 1 atom stereocenters. The first kappa shape index (κ1) is 8.52. The van der Waals surface area contributed by atoms with Gasteiger partial charge in [-0.2, -0.15) is 0 Å². The average molecular weight is 169 g/mol. The van der Waals surface area contributed by atoms with Crippen LogP contribution in [-0.4, -0.2) is 23.8 Å². The van der Waals surface area contributed by atoms with Crippen molar-refractivity contribution in [2.45, 2.75) is 44.1 Å². The van der Waals surface area contributed by atoms with Crippen LogP contribution in [0, 0.1) is 5.92 Å². The van der Waals surface area contributed by atoms with Crippen molar-refractivity contribution >= 4 is 0 Å². The molecule has 1 heterocycles. The predicted octanol–water partition coefficient (Wildman–Crippen LogP) is 1.29. The first-order valence-corrected chi connectivity index (χ1v) is 5.22. The Bertz CT molecular complexity index is 146. The maximum atomic E-state index is 10.1. The quantitative estimate of drug-likeness (QED) is 0.653. The van der Waals surface area contributed by atoms with E-state index in [1.54, 1.807) is 0 Å². The van der Waals surface area contributed by atoms with Crippen LogP contribution in [0.3, 0.4) is 0 Å². The summed E-state index contributed by atoms with van der Waals surface area (Å²) in [7, 11) is 0. The number of rotatable bonds is 2. The molecule has 1 aliphatic heterocycles. The van der Waals surface area contributed by atoms with E-state index in [0.717, 1.165) is 31.8 Å². The zero-order valence-electron chi connectivity index (χ0n) is 7.68. The van der Waals surface area contributed by atoms with Crippen molar-refractivity contribution in [3.8, 4) is 0 Å². The molecule has 0 spiro atoms. The zero-order chi connectivity index (χ0) is 8.44. The Morgan fingerprint density at radius 3 is 2.67 bits per heavy atom. The molecule has 70 valence electrons. The van der Waals surface area contributed by atoms with Gasteiger partial charge >= 0.3 is 0 Å². The lowest BCUT2D eigenvalue weighted by Gasteiger charge is -2.24. The van der Waals surface area contributed by atoms with Crippen molar-refractivity contribution < 1.29 is 5.11 Å². The normalized spacial score (nSPS) is 37.8. The third-order valence-corrected chi connectivity index (χ3v) is 3.36. The van der Waals surface area contributed by atoms with Crippen LogP contribution in [0.1, 0.15) is 38.5 Å². The van der Waals surface area contributed by atoms with Gasteiger partial charge in [0.1, 0.15) is 0 Å². The van der Waals surface area contributed by atoms with Gasteiger partial charge in [0.05, 0.1) is 5.60 Å². The standard InChI is InChI=1S/C10H19NO/c12-10(5-6-11-8-10)7-9-3-1-2-4-9/h9,11-12H,1-8H2. The van der Waals surface area contributed by atoms with Crippen LogP contribution >= 0.6 is 0 Å². The van der Waals surface area contributed by atoms with Gasteiger partial charge in [-0.1, -0.05) is 25.7 Å². The van der Waals surface area contributed by atoms with Crippen LogP contribution in [0.15, 0.2) is 0 Å². The first-order chi connectivity index (χ1) is 5.79. The molecule has 2 N–H and O–H groups in total. The maximum Gasteiger partial charge on any atom is 0.0786 e. The van der Waals surface area contributed by atoms with Gasteiger partial charge in [0.2, 0.25) is 0 Å². The Hall–Kier alpha value is -0.0800. The van der Waals surface area contributed by atoms with Crippen LogP contribution < -0.4 is 5.32 Å². The molecule has 2 rings (SSSR count). The third-order valence-electron chi connectivity index (χ3n) is 3.36. The minimum atomic E-state index is -0.352. The van der Waals surface area contributed by atoms with Gasteiger partial charge in [-0.15, -0.1) is 0 Å². The molecular weight excluding hydrogens is 150 g/mol. The predicted molar refractivity (Wildman–Crippen MR) is 49.0 cm³/mol. The lowest BCUT2D eigenvalue weighted by Crippen LogP contribution is -2.33. The Labute approximate surface area is 74.4 Å². The van der Waals surface area contributed by atoms with Gasteiger partial charge in [-0.05, 0) is 25.3 Å². The van der Waals surface area contributed by atoms with E-state index in [1.165, 1.54) is 25.7 Å². The Morgan fingerprint density at radius 2 is 2.08 bits per heavy atom. The molecular formula is C10H19NO. The fraction of sp³-hybridized carbons (Fsp3) is 1.00. The SMILES string of the molecule is OC1(CC2CCCC2)CCNC1. The second-order valence-corrected chi connectivity index (χ2v) is 4.51. The topological polar surface area (TPSA) is 32.3 Å². The molecule has 1 aliphatic carbocycles. The van der Waals surface area contributed by atoms with Gasteiger partial charge in [0.15, 0.2) is 0 Å². The summed E-state index contributed by atoms with van der Waals surface area (Å²) in [6, 6.07) is 0. The van der Waals surface area contributed by atoms with E-state index in [4.69, 9.17) is 0 Å². The highest BCUT2D eigenvalue weighted by Crippen LogP contribution is 2.33. The largest absolute Gasteiger partial charge is 0.389 e. The number of hydrogen-bond acceptors (Lipinski definition) is 2. The second-order valence-electron chi connectivity index (χ2n) is 4.51. The highest BCUT2D eigenvalue weighted by molar-refractivity contribution is 4.90. The molecule has 0 amide bonds. The summed E-state index contributed by atoms with van der Waals surface area (Å²) in [5.74, 6) is 0.815. The summed E-state index contributed by atoms with van der Waals surface area (Å²) in [5.41, 5.74) is -0.352. The van der Waals surface area contributed by atoms with Gasteiger partial charge in [-0.25, -0.2) is 0 Å². The molecule has 1 unspecified atom stereocenters. The summed E-state index contributed by atoms with van der Waals surface area (Å²) in [6.45, 7) is 1.83. The molecule has 0 aromatic carbocycles. The van der Waals surface area contributed by atoms with Crippen molar-refractivity contribution in [3.63, 3.8) is 0 Å². The molecule has 2 fully saturated rings. The van der Waals surface area contributed by atoms with Crippen LogP contribution in [0.25, 0.3) is 0 Å². The van der Waals surface area contributed by atoms with E-state index >= 15 is 0 Å². The molecule has 2 aliphatic rings. The average Bonchev–Trinajstić information content (AvgIpc) is 2.62. The van der Waals surface area contributed by atoms with Crippen molar-refractivity contribution in [2.24, 2.45) is 5.92 Å². The molecule has 1 saturated carbocycles. The Balaban J connectivity index is 1.83. The minimum Gasteiger partial charge on any atom is -0.389 e. The molecule has 0 bridgehead atoms. The lowest BCUT2D eigenvalue weighted by atomic mass is 9.89. The summed E-state index contributed by atoms with van der Waals surface area (Å²) in [6.07, 6.45) is 7.47. The molecule has 0 aromatic heterocycles. The van der Waals surface area contributed by atoms with Crippen molar-refractivity contribution in [3.05, 3.63) is 0 Å². The number of nitrogens with one attached hydrogen (secondary N) is 1. The first-order valence-electron chi connectivity index (χ1n) is 5.22. The Kier molecular flexibility index (Phi) is 2.37. The molecule has 2 nitrogen and oxygen atoms in total.